The van der Waals surface area contributed by atoms with Gasteiger partial charge in [0.25, 0.3) is 0 Å². The minimum Gasteiger partial charge on any atom is -0.396 e. The summed E-state index contributed by atoms with van der Waals surface area (Å²) in [5.41, 5.74) is 16.4. The van der Waals surface area contributed by atoms with Crippen LogP contribution in [0, 0.1) is 0 Å². The van der Waals surface area contributed by atoms with E-state index in [1.165, 1.54) is 0 Å². The van der Waals surface area contributed by atoms with Crippen LogP contribution in [0.5, 0.6) is 0 Å². The Balaban J connectivity index is 3.01. The van der Waals surface area contributed by atoms with Crippen LogP contribution in [0.4, 0.5) is 0 Å². The topological polar surface area (TPSA) is 198 Å². The van der Waals surface area contributed by atoms with Gasteiger partial charge in [-0.25, -0.2) is 0 Å². The molecule has 0 aromatic rings. The predicted molar refractivity (Wildman–Crippen MR) is 136 cm³/mol. The Bertz CT molecular complexity index is 686. The molecule has 1 aliphatic rings. The van der Waals surface area contributed by atoms with Crippen molar-refractivity contribution in [3.63, 3.8) is 0 Å². The number of hydrogen-bond acceptors (Lipinski definition) is 11. The molecule has 1 atom stereocenters. The summed E-state index contributed by atoms with van der Waals surface area (Å²) >= 11 is 0. The number of amides is 3. The smallest absolute Gasteiger partial charge is 0.231 e. The lowest BCUT2D eigenvalue weighted by Crippen LogP contribution is -2.50. The Morgan fingerprint density at radius 1 is 0.757 bits per heavy atom. The molecule has 0 aromatic carbocycles. The van der Waals surface area contributed by atoms with Crippen LogP contribution < -0.4 is 17.2 Å². The molecule has 3 amide bonds. The molecule has 0 saturated carbocycles. The Morgan fingerprint density at radius 3 is 1.84 bits per heavy atom. The number of aliphatic hydroxyl groups is 1. The zero-order valence-corrected chi connectivity index (χ0v) is 21.8. The van der Waals surface area contributed by atoms with E-state index in [2.05, 4.69) is 0 Å². The standard InChI is InChI=1S/C23H45N7O7/c24-21(33)17-28-4-3-27(5-11-32)6-12-37-15-9-30(19-23(26)35)20(2-1-10-31)16-29(18-22(25)34)8-14-36-13-7-28/h11,20,31H,1-10,12-19H2,(H2,24,33)(H2,25,34)(H2,26,35). The van der Waals surface area contributed by atoms with Gasteiger partial charge in [-0.3, -0.25) is 34.0 Å². The maximum atomic E-state index is 11.8. The number of rotatable bonds is 11. The second-order valence-electron chi connectivity index (χ2n) is 9.09. The third-order valence-electron chi connectivity index (χ3n) is 6.04. The van der Waals surface area contributed by atoms with Crippen LogP contribution in [-0.4, -0.2) is 160 Å². The van der Waals surface area contributed by atoms with Gasteiger partial charge in [-0.1, -0.05) is 0 Å². The van der Waals surface area contributed by atoms with E-state index in [1.54, 1.807) is 0 Å². The lowest BCUT2D eigenvalue weighted by molar-refractivity contribution is -0.121. The zero-order chi connectivity index (χ0) is 27.5. The lowest BCUT2D eigenvalue weighted by atomic mass is 10.1. The lowest BCUT2D eigenvalue weighted by Gasteiger charge is -2.35. The molecule has 1 aliphatic heterocycles. The quantitative estimate of drug-likeness (QED) is 0.190. The van der Waals surface area contributed by atoms with Gasteiger partial charge in [-0.05, 0) is 12.8 Å². The molecular formula is C23H45N7O7. The van der Waals surface area contributed by atoms with E-state index in [4.69, 9.17) is 26.7 Å². The number of carbonyl (C=O) groups is 4. The van der Waals surface area contributed by atoms with Gasteiger partial charge < -0.3 is 36.6 Å². The summed E-state index contributed by atoms with van der Waals surface area (Å²) in [6.45, 7) is 4.97. The largest absolute Gasteiger partial charge is 0.396 e. The molecule has 0 spiro atoms. The van der Waals surface area contributed by atoms with Crippen molar-refractivity contribution in [2.75, 3.05) is 105 Å². The van der Waals surface area contributed by atoms with E-state index in [0.717, 1.165) is 6.29 Å². The molecule has 214 valence electrons. The van der Waals surface area contributed by atoms with Gasteiger partial charge in [-0.2, -0.15) is 0 Å². The summed E-state index contributed by atoms with van der Waals surface area (Å²) in [5, 5.41) is 9.40. The molecule has 7 N–H and O–H groups in total. The molecule has 1 unspecified atom stereocenters. The number of nitrogens with zero attached hydrogens (tertiary/aromatic N) is 4. The van der Waals surface area contributed by atoms with Crippen LogP contribution in [0.1, 0.15) is 12.8 Å². The number of hydrogen-bond donors (Lipinski definition) is 4. The molecule has 0 aliphatic carbocycles. The fraction of sp³-hybridized carbons (Fsp3) is 0.826. The van der Waals surface area contributed by atoms with Crippen LogP contribution in [0.3, 0.4) is 0 Å². The van der Waals surface area contributed by atoms with E-state index in [-0.39, 0.29) is 38.8 Å². The average Bonchev–Trinajstić information content (AvgIpc) is 2.81. The van der Waals surface area contributed by atoms with Crippen molar-refractivity contribution in [1.29, 1.82) is 0 Å². The summed E-state index contributed by atoms with van der Waals surface area (Å²) < 4.78 is 11.6. The Kier molecular flexibility index (Phi) is 17.6. The first kappa shape index (κ1) is 32.8. The maximum absolute atomic E-state index is 11.8. The molecule has 1 saturated heterocycles. The minimum atomic E-state index is -0.487. The van der Waals surface area contributed by atoms with Crippen molar-refractivity contribution in [2.24, 2.45) is 17.2 Å². The molecule has 0 bridgehead atoms. The van der Waals surface area contributed by atoms with Crippen molar-refractivity contribution in [3.8, 4) is 0 Å². The number of primary amides is 3. The van der Waals surface area contributed by atoms with Gasteiger partial charge in [0.05, 0.1) is 52.6 Å². The fourth-order valence-corrected chi connectivity index (χ4v) is 4.20. The van der Waals surface area contributed by atoms with Crippen molar-refractivity contribution in [2.45, 2.75) is 18.9 Å². The SMILES string of the molecule is NC(=O)CN1CCOCCN(CC(N)=O)CC(CCCO)N(CC(N)=O)CCOCCN(CC=O)CC1. The summed E-state index contributed by atoms with van der Waals surface area (Å²) in [6.07, 6.45) is 1.92. The van der Waals surface area contributed by atoms with Crippen molar-refractivity contribution < 1.29 is 33.8 Å². The van der Waals surface area contributed by atoms with Crippen molar-refractivity contribution in [3.05, 3.63) is 0 Å². The zero-order valence-electron chi connectivity index (χ0n) is 21.8. The number of aliphatic hydroxyl groups excluding tert-OH is 1. The Morgan fingerprint density at radius 2 is 1.27 bits per heavy atom. The Hall–Kier alpha value is -2.20. The second-order valence-corrected chi connectivity index (χ2v) is 9.09. The van der Waals surface area contributed by atoms with E-state index >= 15 is 0 Å². The molecule has 0 aromatic heterocycles. The highest BCUT2D eigenvalue weighted by Gasteiger charge is 2.24. The van der Waals surface area contributed by atoms with Crippen molar-refractivity contribution >= 4 is 24.0 Å². The highest BCUT2D eigenvalue weighted by Crippen LogP contribution is 2.10. The third-order valence-corrected chi connectivity index (χ3v) is 6.04. The average molecular weight is 532 g/mol. The van der Waals surface area contributed by atoms with Gasteiger partial charge in [0, 0.05) is 58.5 Å². The number of aldehydes is 1. The highest BCUT2D eigenvalue weighted by molar-refractivity contribution is 5.76. The molecule has 37 heavy (non-hydrogen) atoms. The molecule has 14 nitrogen and oxygen atoms in total. The van der Waals surface area contributed by atoms with Crippen molar-refractivity contribution in [1.82, 2.24) is 19.6 Å². The van der Waals surface area contributed by atoms with Crippen LogP contribution >= 0.6 is 0 Å². The van der Waals surface area contributed by atoms with Crippen LogP contribution in [0.25, 0.3) is 0 Å². The number of ether oxygens (including phenoxy) is 2. The van der Waals surface area contributed by atoms with Crippen LogP contribution in [-0.2, 0) is 28.7 Å². The fourth-order valence-electron chi connectivity index (χ4n) is 4.20. The summed E-state index contributed by atoms with van der Waals surface area (Å²) in [4.78, 5) is 53.7. The summed E-state index contributed by atoms with van der Waals surface area (Å²) in [5.74, 6) is -1.42. The first-order valence-corrected chi connectivity index (χ1v) is 12.7. The predicted octanol–water partition coefficient (Wildman–Crippen LogP) is -3.96. The maximum Gasteiger partial charge on any atom is 0.231 e. The number of nitrogens with two attached hydrogens (primary N) is 3. The van der Waals surface area contributed by atoms with Gasteiger partial charge in [-0.15, -0.1) is 0 Å². The highest BCUT2D eigenvalue weighted by atomic mass is 16.5. The van der Waals surface area contributed by atoms with Gasteiger partial charge in [0.2, 0.25) is 17.7 Å². The van der Waals surface area contributed by atoms with Gasteiger partial charge in [0.1, 0.15) is 6.29 Å². The summed E-state index contributed by atoms with van der Waals surface area (Å²) in [7, 11) is 0. The van der Waals surface area contributed by atoms with E-state index in [1.807, 2.05) is 19.6 Å². The molecular weight excluding hydrogens is 486 g/mol. The normalized spacial score (nSPS) is 21.6. The number of carbonyl (C=O) groups excluding carboxylic acids is 4. The van der Waals surface area contributed by atoms with E-state index in [9.17, 15) is 24.3 Å². The first-order chi connectivity index (χ1) is 17.7. The molecule has 1 rings (SSSR count). The van der Waals surface area contributed by atoms with Crippen LogP contribution in [0.15, 0.2) is 0 Å². The third kappa shape index (κ3) is 16.3. The monoisotopic (exact) mass is 531 g/mol. The van der Waals surface area contributed by atoms with Gasteiger partial charge in [0.15, 0.2) is 0 Å². The molecule has 1 heterocycles. The van der Waals surface area contributed by atoms with Crippen LogP contribution in [0.2, 0.25) is 0 Å². The summed E-state index contributed by atoms with van der Waals surface area (Å²) in [6, 6.07) is -0.181. The Labute approximate surface area is 218 Å². The van der Waals surface area contributed by atoms with E-state index in [0.29, 0.717) is 85.1 Å². The van der Waals surface area contributed by atoms with Gasteiger partial charge >= 0.3 is 0 Å². The minimum absolute atomic E-state index is 0.00727. The van der Waals surface area contributed by atoms with E-state index < -0.39 is 17.7 Å². The molecule has 0 radical (unpaired) electrons. The molecule has 14 heteroatoms. The second kappa shape index (κ2) is 19.9. The first-order valence-electron chi connectivity index (χ1n) is 12.7. The molecule has 1 fully saturated rings.